The molecule has 2 aliphatic heterocycles. The molecule has 1 amide bonds. The van der Waals surface area contributed by atoms with Crippen molar-refractivity contribution in [3.63, 3.8) is 0 Å². The normalized spacial score (nSPS) is 31.0. The number of carbonyl (C=O) groups is 1. The molecular weight excluding hydrogens is 232 g/mol. The fourth-order valence-corrected chi connectivity index (χ4v) is 2.90. The van der Waals surface area contributed by atoms with Crippen molar-refractivity contribution in [2.24, 2.45) is 11.8 Å². The maximum atomic E-state index is 12.1. The van der Waals surface area contributed by atoms with E-state index in [0.717, 1.165) is 13.1 Å². The molecule has 2 N–H and O–H groups in total. The Bertz CT molecular complexity index is 507. The summed E-state index contributed by atoms with van der Waals surface area (Å²) in [5.74, 6) is 2.60. The Morgan fingerprint density at radius 1 is 1.22 bits per heavy atom. The SMILES string of the molecule is O=C(NC1C2CNCC21)c1ccc2c(c1)OCO2. The Labute approximate surface area is 104 Å². The zero-order valence-corrected chi connectivity index (χ0v) is 9.81. The zero-order valence-electron chi connectivity index (χ0n) is 9.81. The minimum Gasteiger partial charge on any atom is -0.454 e. The summed E-state index contributed by atoms with van der Waals surface area (Å²) in [4.78, 5) is 12.1. The molecule has 1 saturated carbocycles. The van der Waals surface area contributed by atoms with E-state index in [1.54, 1.807) is 18.2 Å². The number of hydrogen-bond acceptors (Lipinski definition) is 4. The van der Waals surface area contributed by atoms with E-state index in [-0.39, 0.29) is 12.7 Å². The van der Waals surface area contributed by atoms with E-state index in [1.165, 1.54) is 0 Å². The van der Waals surface area contributed by atoms with Gasteiger partial charge in [0, 0.05) is 24.7 Å². The smallest absolute Gasteiger partial charge is 0.251 e. The van der Waals surface area contributed by atoms with Crippen molar-refractivity contribution in [2.45, 2.75) is 6.04 Å². The average Bonchev–Trinajstić information content (AvgIpc) is 2.82. The largest absolute Gasteiger partial charge is 0.454 e. The minimum absolute atomic E-state index is 0.0206. The van der Waals surface area contributed by atoms with Gasteiger partial charge in [-0.2, -0.15) is 0 Å². The molecule has 2 fully saturated rings. The van der Waals surface area contributed by atoms with Crippen molar-refractivity contribution in [1.29, 1.82) is 0 Å². The predicted molar refractivity (Wildman–Crippen MR) is 63.7 cm³/mol. The van der Waals surface area contributed by atoms with E-state index in [9.17, 15) is 4.79 Å². The topological polar surface area (TPSA) is 59.6 Å². The quantitative estimate of drug-likeness (QED) is 0.791. The lowest BCUT2D eigenvalue weighted by Crippen LogP contribution is -2.32. The number of piperidine rings is 1. The molecule has 2 unspecified atom stereocenters. The monoisotopic (exact) mass is 246 g/mol. The van der Waals surface area contributed by atoms with Crippen molar-refractivity contribution in [2.75, 3.05) is 19.9 Å². The van der Waals surface area contributed by atoms with Crippen LogP contribution in [0.4, 0.5) is 0 Å². The molecule has 5 heteroatoms. The number of ether oxygens (including phenoxy) is 2. The molecule has 1 saturated heterocycles. The first-order valence-electron chi connectivity index (χ1n) is 6.24. The summed E-state index contributed by atoms with van der Waals surface area (Å²) in [7, 11) is 0. The fourth-order valence-electron chi connectivity index (χ4n) is 2.90. The van der Waals surface area contributed by atoms with Crippen molar-refractivity contribution in [3.05, 3.63) is 23.8 Å². The van der Waals surface area contributed by atoms with Crippen LogP contribution in [0.3, 0.4) is 0 Å². The maximum absolute atomic E-state index is 12.1. The van der Waals surface area contributed by atoms with Gasteiger partial charge in [0.15, 0.2) is 11.5 Å². The van der Waals surface area contributed by atoms with Gasteiger partial charge in [-0.1, -0.05) is 0 Å². The van der Waals surface area contributed by atoms with Crippen LogP contribution in [-0.2, 0) is 0 Å². The number of fused-ring (bicyclic) bond motifs is 2. The number of benzene rings is 1. The van der Waals surface area contributed by atoms with Crippen molar-refractivity contribution in [1.82, 2.24) is 10.6 Å². The summed E-state index contributed by atoms with van der Waals surface area (Å²) >= 11 is 0. The number of rotatable bonds is 2. The van der Waals surface area contributed by atoms with E-state index in [2.05, 4.69) is 10.6 Å². The Morgan fingerprint density at radius 2 is 2.00 bits per heavy atom. The second-order valence-electron chi connectivity index (χ2n) is 5.05. The number of nitrogens with one attached hydrogen (secondary N) is 2. The van der Waals surface area contributed by atoms with Crippen LogP contribution < -0.4 is 20.1 Å². The summed E-state index contributed by atoms with van der Waals surface area (Å²) < 4.78 is 10.5. The van der Waals surface area contributed by atoms with Crippen molar-refractivity contribution < 1.29 is 14.3 Å². The predicted octanol–water partition coefficient (Wildman–Crippen LogP) is 0.363. The van der Waals surface area contributed by atoms with Gasteiger partial charge >= 0.3 is 0 Å². The Hall–Kier alpha value is -1.75. The van der Waals surface area contributed by atoms with Gasteiger partial charge in [-0.15, -0.1) is 0 Å². The van der Waals surface area contributed by atoms with Crippen LogP contribution in [0, 0.1) is 11.8 Å². The Balaban J connectivity index is 1.48. The highest BCUT2D eigenvalue weighted by molar-refractivity contribution is 5.95. The summed E-state index contributed by atoms with van der Waals surface area (Å²) in [5.41, 5.74) is 0.636. The standard InChI is InChI=1S/C13H14N2O3/c16-13(15-12-8-4-14-5-9(8)12)7-1-2-10-11(3-7)18-6-17-10/h1-3,8-9,12,14H,4-6H2,(H,15,16). The van der Waals surface area contributed by atoms with Gasteiger partial charge in [-0.25, -0.2) is 0 Å². The van der Waals surface area contributed by atoms with Crippen LogP contribution >= 0.6 is 0 Å². The van der Waals surface area contributed by atoms with E-state index < -0.39 is 0 Å². The third-order valence-electron chi connectivity index (χ3n) is 4.02. The van der Waals surface area contributed by atoms with Gasteiger partial charge < -0.3 is 20.1 Å². The summed E-state index contributed by atoms with van der Waals surface area (Å²) in [6.07, 6.45) is 0. The molecule has 2 atom stereocenters. The molecule has 3 aliphatic rings. The summed E-state index contributed by atoms with van der Waals surface area (Å²) in [6, 6.07) is 5.66. The third kappa shape index (κ3) is 1.47. The lowest BCUT2D eigenvalue weighted by molar-refractivity contribution is 0.0946. The fraction of sp³-hybridized carbons (Fsp3) is 0.462. The van der Waals surface area contributed by atoms with E-state index in [4.69, 9.17) is 9.47 Å². The molecule has 0 bridgehead atoms. The first-order chi connectivity index (χ1) is 8.83. The van der Waals surface area contributed by atoms with Gasteiger partial charge in [0.2, 0.25) is 6.79 Å². The molecule has 1 aliphatic carbocycles. The van der Waals surface area contributed by atoms with Crippen molar-refractivity contribution >= 4 is 5.91 Å². The highest BCUT2D eigenvalue weighted by atomic mass is 16.7. The second-order valence-corrected chi connectivity index (χ2v) is 5.05. The Kier molecular flexibility index (Phi) is 2.05. The van der Waals surface area contributed by atoms with Gasteiger partial charge in [-0.05, 0) is 30.0 Å². The van der Waals surface area contributed by atoms with Crippen LogP contribution in [0.1, 0.15) is 10.4 Å². The molecule has 0 radical (unpaired) electrons. The molecule has 4 rings (SSSR count). The number of carbonyl (C=O) groups excluding carboxylic acids is 1. The van der Waals surface area contributed by atoms with Crippen LogP contribution in [0.2, 0.25) is 0 Å². The molecule has 18 heavy (non-hydrogen) atoms. The molecule has 1 aromatic rings. The summed E-state index contributed by atoms with van der Waals surface area (Å²) in [5, 5.41) is 6.40. The first-order valence-corrected chi connectivity index (χ1v) is 6.24. The highest BCUT2D eigenvalue weighted by Crippen LogP contribution is 2.42. The van der Waals surface area contributed by atoms with Gasteiger partial charge in [0.05, 0.1) is 0 Å². The molecule has 0 aromatic heterocycles. The first kappa shape index (κ1) is 10.2. The van der Waals surface area contributed by atoms with E-state index in [0.29, 0.717) is 34.9 Å². The molecule has 5 nitrogen and oxygen atoms in total. The maximum Gasteiger partial charge on any atom is 0.251 e. The van der Waals surface area contributed by atoms with Crippen LogP contribution in [0.5, 0.6) is 11.5 Å². The average molecular weight is 246 g/mol. The van der Waals surface area contributed by atoms with E-state index >= 15 is 0 Å². The van der Waals surface area contributed by atoms with Gasteiger partial charge in [-0.3, -0.25) is 4.79 Å². The van der Waals surface area contributed by atoms with Gasteiger partial charge in [0.1, 0.15) is 0 Å². The van der Waals surface area contributed by atoms with Crippen LogP contribution in [0.25, 0.3) is 0 Å². The molecular formula is C13H14N2O3. The molecule has 1 aromatic carbocycles. The Morgan fingerprint density at radius 3 is 2.83 bits per heavy atom. The summed E-state index contributed by atoms with van der Waals surface area (Å²) in [6.45, 7) is 2.28. The minimum atomic E-state index is -0.0206. The van der Waals surface area contributed by atoms with Crippen LogP contribution in [0.15, 0.2) is 18.2 Å². The van der Waals surface area contributed by atoms with Crippen LogP contribution in [-0.4, -0.2) is 31.8 Å². The number of hydrogen-bond donors (Lipinski definition) is 2. The molecule has 94 valence electrons. The third-order valence-corrected chi connectivity index (χ3v) is 4.02. The molecule has 0 spiro atoms. The highest BCUT2D eigenvalue weighted by Gasteiger charge is 2.53. The van der Waals surface area contributed by atoms with Gasteiger partial charge in [0.25, 0.3) is 5.91 Å². The van der Waals surface area contributed by atoms with E-state index in [1.807, 2.05) is 0 Å². The lowest BCUT2D eigenvalue weighted by atomic mass is 10.2. The van der Waals surface area contributed by atoms with Crippen molar-refractivity contribution in [3.8, 4) is 11.5 Å². The lowest BCUT2D eigenvalue weighted by Gasteiger charge is -2.08. The number of amides is 1. The zero-order chi connectivity index (χ0) is 12.1. The molecule has 2 heterocycles. The second kappa shape index (κ2) is 3.62.